The Hall–Kier alpha value is -2.98. The molecule has 0 radical (unpaired) electrons. The van der Waals surface area contributed by atoms with Crippen LogP contribution in [0.2, 0.25) is 0 Å². The summed E-state index contributed by atoms with van der Waals surface area (Å²) in [4.78, 5) is 18.7. The summed E-state index contributed by atoms with van der Waals surface area (Å²) in [5.41, 5.74) is 1.16. The fourth-order valence-corrected chi connectivity index (χ4v) is 5.61. The third-order valence-corrected chi connectivity index (χ3v) is 7.63. The number of aromatic nitrogens is 1. The van der Waals surface area contributed by atoms with Crippen molar-refractivity contribution in [3.8, 4) is 5.75 Å². The number of anilines is 1. The van der Waals surface area contributed by atoms with Gasteiger partial charge in [-0.1, -0.05) is 18.6 Å². The van der Waals surface area contributed by atoms with Crippen LogP contribution in [0.5, 0.6) is 5.75 Å². The Labute approximate surface area is 224 Å². The summed E-state index contributed by atoms with van der Waals surface area (Å²) in [6.07, 6.45) is 2.30. The van der Waals surface area contributed by atoms with Crippen molar-refractivity contribution in [1.82, 2.24) is 9.88 Å². The van der Waals surface area contributed by atoms with Crippen molar-refractivity contribution < 1.29 is 27.8 Å². The number of fused-ring (bicyclic) bond motifs is 1. The van der Waals surface area contributed by atoms with E-state index >= 15 is 0 Å². The van der Waals surface area contributed by atoms with Gasteiger partial charge in [-0.2, -0.15) is 13.2 Å². The fraction of sp³-hybridized carbons (Fsp3) is 0.429. The van der Waals surface area contributed by atoms with E-state index in [1.165, 1.54) is 25.3 Å². The first-order chi connectivity index (χ1) is 18.3. The van der Waals surface area contributed by atoms with Crippen LogP contribution >= 0.6 is 11.8 Å². The Balaban J connectivity index is 1.23. The molecule has 0 saturated carbocycles. The number of nitrogens with one attached hydrogen (secondary N) is 1. The van der Waals surface area contributed by atoms with Gasteiger partial charge in [-0.05, 0) is 86.8 Å². The number of hydrogen-bond acceptors (Lipinski definition) is 5. The third-order valence-electron chi connectivity index (χ3n) is 6.47. The normalized spacial score (nSPS) is 14.5. The van der Waals surface area contributed by atoms with Gasteiger partial charge in [0.2, 0.25) is 0 Å². The number of hydrogen-bond donors (Lipinski definition) is 2. The number of alkyl halides is 3. The molecule has 1 aromatic heterocycles. The lowest BCUT2D eigenvalue weighted by molar-refractivity contribution is -0.137. The summed E-state index contributed by atoms with van der Waals surface area (Å²) >= 11 is 1.60. The van der Waals surface area contributed by atoms with E-state index in [-0.39, 0.29) is 0 Å². The van der Waals surface area contributed by atoms with Crippen molar-refractivity contribution in [2.75, 3.05) is 30.8 Å². The van der Waals surface area contributed by atoms with Gasteiger partial charge in [0.25, 0.3) is 0 Å². The number of benzene rings is 2. The maximum Gasteiger partial charge on any atom is 0.416 e. The van der Waals surface area contributed by atoms with Crippen molar-refractivity contribution in [2.45, 2.75) is 56.1 Å². The maximum absolute atomic E-state index is 13.0. The number of pyridine rings is 1. The highest BCUT2D eigenvalue weighted by Gasteiger charge is 2.30. The number of ether oxygens (including phenoxy) is 1. The molecule has 4 rings (SSSR count). The maximum atomic E-state index is 13.0. The van der Waals surface area contributed by atoms with Gasteiger partial charge in [0.15, 0.2) is 0 Å². The number of piperidine rings is 1. The second-order valence-electron chi connectivity index (χ2n) is 9.39. The number of rotatable bonds is 11. The number of thioether (sulfide) groups is 1. The number of carboxylic acid groups (broad SMARTS) is 1. The third kappa shape index (κ3) is 8.01. The minimum Gasteiger partial charge on any atom is -0.491 e. The van der Waals surface area contributed by atoms with Crippen LogP contribution in [0.15, 0.2) is 53.6 Å². The Morgan fingerprint density at radius 3 is 2.63 bits per heavy atom. The van der Waals surface area contributed by atoms with Crippen LogP contribution in [-0.2, 0) is 12.7 Å². The topological polar surface area (TPSA) is 74.7 Å². The van der Waals surface area contributed by atoms with Gasteiger partial charge in [0, 0.05) is 23.0 Å². The van der Waals surface area contributed by atoms with Crippen molar-refractivity contribution in [3.05, 3.63) is 59.8 Å². The first kappa shape index (κ1) is 28.0. The molecule has 0 atom stereocenters. The number of nitrogens with zero attached hydrogens (tertiary/aromatic N) is 2. The molecule has 38 heavy (non-hydrogen) atoms. The number of amides is 1. The van der Waals surface area contributed by atoms with Crippen LogP contribution in [0.1, 0.15) is 49.7 Å². The van der Waals surface area contributed by atoms with Crippen molar-refractivity contribution in [3.63, 3.8) is 0 Å². The monoisotopic (exact) mass is 547 g/mol. The van der Waals surface area contributed by atoms with Crippen LogP contribution in [0, 0.1) is 0 Å². The minimum absolute atomic E-state index is 0.339. The van der Waals surface area contributed by atoms with Gasteiger partial charge in [-0.25, -0.2) is 4.79 Å². The van der Waals surface area contributed by atoms with E-state index in [0.717, 1.165) is 72.6 Å². The van der Waals surface area contributed by atoms with Crippen LogP contribution < -0.4 is 10.1 Å². The van der Waals surface area contributed by atoms with Crippen molar-refractivity contribution in [1.29, 1.82) is 0 Å². The highest BCUT2D eigenvalue weighted by atomic mass is 32.2. The van der Waals surface area contributed by atoms with E-state index in [0.29, 0.717) is 23.6 Å². The van der Waals surface area contributed by atoms with Crippen molar-refractivity contribution >= 4 is 34.4 Å². The zero-order valence-corrected chi connectivity index (χ0v) is 21.9. The molecule has 2 N–H and O–H groups in total. The van der Waals surface area contributed by atoms with E-state index in [1.54, 1.807) is 18.0 Å². The molecule has 1 aliphatic rings. The van der Waals surface area contributed by atoms with E-state index < -0.39 is 17.8 Å². The molecule has 10 heteroatoms. The van der Waals surface area contributed by atoms with Crippen LogP contribution in [0.25, 0.3) is 10.9 Å². The second kappa shape index (κ2) is 13.2. The Kier molecular flexibility index (Phi) is 9.74. The Morgan fingerprint density at radius 1 is 1.05 bits per heavy atom. The molecular formula is C28H32F3N3O3S. The molecule has 1 amide bonds. The number of halogens is 3. The summed E-state index contributed by atoms with van der Waals surface area (Å²) in [5, 5.41) is 12.4. The molecule has 0 bridgehead atoms. The first-order valence-corrected chi connectivity index (χ1v) is 13.8. The SMILES string of the molecule is O=C(O)Nc1cc(CN2CCCCC2)ccc1OCCCCCSc1ccnc2cc(C(F)(F)F)ccc12. The van der Waals surface area contributed by atoms with E-state index in [2.05, 4.69) is 15.2 Å². The van der Waals surface area contributed by atoms with Gasteiger partial charge in [-0.3, -0.25) is 15.2 Å². The van der Waals surface area contributed by atoms with Crippen molar-refractivity contribution in [2.24, 2.45) is 0 Å². The molecule has 1 aliphatic heterocycles. The van der Waals surface area contributed by atoms with Crippen LogP contribution in [-0.4, -0.2) is 46.5 Å². The van der Waals surface area contributed by atoms with Crippen LogP contribution in [0.3, 0.4) is 0 Å². The average molecular weight is 548 g/mol. The average Bonchev–Trinajstić information content (AvgIpc) is 2.88. The molecule has 1 saturated heterocycles. The molecule has 0 unspecified atom stereocenters. The molecule has 2 heterocycles. The highest BCUT2D eigenvalue weighted by molar-refractivity contribution is 7.99. The number of carbonyl (C=O) groups is 1. The summed E-state index contributed by atoms with van der Waals surface area (Å²) in [5.74, 6) is 1.34. The van der Waals surface area contributed by atoms with Crippen LogP contribution in [0.4, 0.5) is 23.7 Å². The largest absolute Gasteiger partial charge is 0.491 e. The molecule has 0 aliphatic carbocycles. The highest BCUT2D eigenvalue weighted by Crippen LogP contribution is 2.34. The lowest BCUT2D eigenvalue weighted by Crippen LogP contribution is -2.29. The zero-order valence-electron chi connectivity index (χ0n) is 21.1. The van der Waals surface area contributed by atoms with Gasteiger partial charge < -0.3 is 9.84 Å². The quantitative estimate of drug-likeness (QED) is 0.190. The molecule has 204 valence electrons. The predicted octanol–water partition coefficient (Wildman–Crippen LogP) is 7.67. The summed E-state index contributed by atoms with van der Waals surface area (Å²) in [6, 6.07) is 11.2. The Bertz CT molecular complexity index is 1230. The second-order valence-corrected chi connectivity index (χ2v) is 10.5. The zero-order chi connectivity index (χ0) is 27.0. The molecule has 2 aromatic carbocycles. The molecular weight excluding hydrogens is 515 g/mol. The molecule has 0 spiro atoms. The van der Waals surface area contributed by atoms with Gasteiger partial charge in [-0.15, -0.1) is 11.8 Å². The molecule has 3 aromatic rings. The van der Waals surface area contributed by atoms with E-state index in [4.69, 9.17) is 4.74 Å². The minimum atomic E-state index is -4.39. The van der Waals surface area contributed by atoms with Gasteiger partial charge >= 0.3 is 12.3 Å². The fourth-order valence-electron chi connectivity index (χ4n) is 4.56. The predicted molar refractivity (Wildman–Crippen MR) is 144 cm³/mol. The smallest absolute Gasteiger partial charge is 0.416 e. The molecule has 6 nitrogen and oxygen atoms in total. The first-order valence-electron chi connectivity index (χ1n) is 12.9. The van der Waals surface area contributed by atoms with E-state index in [9.17, 15) is 23.1 Å². The summed E-state index contributed by atoms with van der Waals surface area (Å²) in [6.45, 7) is 3.38. The summed E-state index contributed by atoms with van der Waals surface area (Å²) in [7, 11) is 0. The standard InChI is InChI=1S/C28H32F3N3O3S/c29-28(30,31)21-8-9-22-23(18-21)32-12-11-26(22)38-16-6-2-5-15-37-25-10-7-20(17-24(25)33-27(35)36)19-34-13-3-1-4-14-34/h7-12,17-18,33H,1-6,13-16,19H2,(H,35,36). The van der Waals surface area contributed by atoms with Gasteiger partial charge in [0.05, 0.1) is 23.4 Å². The lowest BCUT2D eigenvalue weighted by atomic mass is 10.1. The lowest BCUT2D eigenvalue weighted by Gasteiger charge is -2.26. The van der Waals surface area contributed by atoms with Gasteiger partial charge in [0.1, 0.15) is 5.75 Å². The number of unbranched alkanes of at least 4 members (excludes halogenated alkanes) is 2. The molecule has 1 fully saturated rings. The van der Waals surface area contributed by atoms with E-state index in [1.807, 2.05) is 24.3 Å². The number of likely N-dealkylation sites (tertiary alicyclic amines) is 1. The Morgan fingerprint density at radius 2 is 1.87 bits per heavy atom. The summed E-state index contributed by atoms with van der Waals surface area (Å²) < 4.78 is 44.8.